The third-order valence-electron chi connectivity index (χ3n) is 3.08. The number of halogens is 3. The van der Waals surface area contributed by atoms with Crippen LogP contribution in [0.5, 0.6) is 0 Å². The third-order valence-corrected chi connectivity index (χ3v) is 4.31. The van der Waals surface area contributed by atoms with E-state index in [1.807, 2.05) is 7.05 Å². The Morgan fingerprint density at radius 2 is 2.25 bits per heavy atom. The Labute approximate surface area is 136 Å². The minimum absolute atomic E-state index is 0.0950. The molecule has 1 unspecified atom stereocenters. The van der Waals surface area contributed by atoms with Crippen molar-refractivity contribution in [3.05, 3.63) is 50.1 Å². The van der Waals surface area contributed by atoms with Crippen LogP contribution in [0.25, 0.3) is 0 Å². The lowest BCUT2D eigenvalue weighted by molar-refractivity contribution is 0.550. The van der Waals surface area contributed by atoms with Gasteiger partial charge in [0.15, 0.2) is 0 Å². The standard InChI is InChI=1S/C14H16ClFIN3/c1-3-6-18-13(14-11(15)8-19-20(14)2)10-5-4-9(16)7-12(10)17/h4-5,7-8,13,18H,3,6H2,1-2H3. The molecule has 3 nitrogen and oxygen atoms in total. The highest BCUT2D eigenvalue weighted by Crippen LogP contribution is 2.30. The van der Waals surface area contributed by atoms with Gasteiger partial charge in [0.2, 0.25) is 0 Å². The van der Waals surface area contributed by atoms with Crippen LogP contribution in [0, 0.1) is 9.39 Å². The van der Waals surface area contributed by atoms with E-state index in [9.17, 15) is 4.39 Å². The van der Waals surface area contributed by atoms with Gasteiger partial charge in [-0.25, -0.2) is 4.39 Å². The minimum Gasteiger partial charge on any atom is -0.305 e. The highest BCUT2D eigenvalue weighted by molar-refractivity contribution is 14.1. The maximum atomic E-state index is 13.3. The van der Waals surface area contributed by atoms with Gasteiger partial charge in [0, 0.05) is 10.6 Å². The maximum absolute atomic E-state index is 13.3. The second-order valence-electron chi connectivity index (χ2n) is 4.55. The predicted molar refractivity (Wildman–Crippen MR) is 87.5 cm³/mol. The number of aromatic nitrogens is 2. The van der Waals surface area contributed by atoms with Crippen LogP contribution in [0.1, 0.15) is 30.6 Å². The van der Waals surface area contributed by atoms with Crippen molar-refractivity contribution < 1.29 is 4.39 Å². The molecule has 2 rings (SSSR count). The lowest BCUT2D eigenvalue weighted by Gasteiger charge is -2.21. The van der Waals surface area contributed by atoms with Crippen molar-refractivity contribution in [3.63, 3.8) is 0 Å². The molecule has 1 heterocycles. The lowest BCUT2D eigenvalue weighted by atomic mass is 10.0. The van der Waals surface area contributed by atoms with E-state index >= 15 is 0 Å². The van der Waals surface area contributed by atoms with Crippen LogP contribution < -0.4 is 5.32 Å². The van der Waals surface area contributed by atoms with Gasteiger partial charge in [-0.15, -0.1) is 0 Å². The summed E-state index contributed by atoms with van der Waals surface area (Å²) < 4.78 is 15.9. The Morgan fingerprint density at radius 3 is 2.80 bits per heavy atom. The topological polar surface area (TPSA) is 29.9 Å². The minimum atomic E-state index is -0.233. The van der Waals surface area contributed by atoms with Crippen LogP contribution in [0.2, 0.25) is 5.02 Å². The van der Waals surface area contributed by atoms with Crippen molar-refractivity contribution in [2.75, 3.05) is 6.54 Å². The zero-order valence-corrected chi connectivity index (χ0v) is 14.2. The van der Waals surface area contributed by atoms with E-state index in [1.54, 1.807) is 16.9 Å². The Bertz CT molecular complexity index is 581. The van der Waals surface area contributed by atoms with Crippen molar-refractivity contribution in [2.45, 2.75) is 19.4 Å². The van der Waals surface area contributed by atoms with E-state index < -0.39 is 0 Å². The fraction of sp³-hybridized carbons (Fsp3) is 0.357. The van der Waals surface area contributed by atoms with Gasteiger partial charge in [0.05, 0.1) is 23.0 Å². The highest BCUT2D eigenvalue weighted by atomic mass is 127. The SMILES string of the molecule is CCCNC(c1ccc(F)cc1I)c1c(Cl)cnn1C. The molecule has 0 bridgehead atoms. The van der Waals surface area contributed by atoms with E-state index in [2.05, 4.69) is 39.9 Å². The summed E-state index contributed by atoms with van der Waals surface area (Å²) in [7, 11) is 1.86. The zero-order valence-electron chi connectivity index (χ0n) is 11.3. The Balaban J connectivity index is 2.47. The summed E-state index contributed by atoms with van der Waals surface area (Å²) in [6.07, 6.45) is 2.64. The molecule has 1 atom stereocenters. The first-order valence-electron chi connectivity index (χ1n) is 6.40. The fourth-order valence-electron chi connectivity index (χ4n) is 2.12. The third kappa shape index (κ3) is 3.32. The molecule has 1 N–H and O–H groups in total. The molecule has 20 heavy (non-hydrogen) atoms. The molecule has 108 valence electrons. The average Bonchev–Trinajstić information content (AvgIpc) is 2.72. The molecular weight excluding hydrogens is 392 g/mol. The Hall–Kier alpha value is -0.660. The summed E-state index contributed by atoms with van der Waals surface area (Å²) in [6, 6.07) is 4.71. The molecule has 0 fully saturated rings. The molecule has 0 radical (unpaired) electrons. The molecule has 1 aromatic carbocycles. The van der Waals surface area contributed by atoms with Crippen LogP contribution in [-0.4, -0.2) is 16.3 Å². The lowest BCUT2D eigenvalue weighted by Crippen LogP contribution is -2.26. The molecule has 0 aliphatic rings. The van der Waals surface area contributed by atoms with Crippen LogP contribution in [0.4, 0.5) is 4.39 Å². The molecule has 0 aliphatic carbocycles. The number of nitrogens with one attached hydrogen (secondary N) is 1. The summed E-state index contributed by atoms with van der Waals surface area (Å²) in [5, 5.41) is 8.26. The van der Waals surface area contributed by atoms with Crippen LogP contribution in [0.3, 0.4) is 0 Å². The molecule has 0 amide bonds. The molecule has 0 saturated heterocycles. The summed E-state index contributed by atoms with van der Waals surface area (Å²) in [6.45, 7) is 2.95. The molecule has 1 aromatic heterocycles. The number of hydrogen-bond donors (Lipinski definition) is 1. The summed E-state index contributed by atoms with van der Waals surface area (Å²) in [4.78, 5) is 0. The number of nitrogens with zero attached hydrogens (tertiary/aromatic N) is 2. The predicted octanol–water partition coefficient (Wildman–Crippen LogP) is 3.91. The van der Waals surface area contributed by atoms with Crippen molar-refractivity contribution in [1.29, 1.82) is 0 Å². The molecule has 2 aromatic rings. The average molecular weight is 408 g/mol. The first kappa shape index (κ1) is 15.7. The number of benzene rings is 1. The van der Waals surface area contributed by atoms with Gasteiger partial charge in [-0.3, -0.25) is 4.68 Å². The van der Waals surface area contributed by atoms with Gasteiger partial charge in [-0.1, -0.05) is 24.6 Å². The first-order chi connectivity index (χ1) is 9.54. The van der Waals surface area contributed by atoms with Gasteiger partial charge in [-0.05, 0) is 53.3 Å². The molecule has 0 saturated carbocycles. The Morgan fingerprint density at radius 1 is 1.50 bits per heavy atom. The van der Waals surface area contributed by atoms with E-state index in [0.717, 1.165) is 27.8 Å². The number of hydrogen-bond acceptors (Lipinski definition) is 2. The normalized spacial score (nSPS) is 12.7. The van der Waals surface area contributed by atoms with Gasteiger partial charge in [0.25, 0.3) is 0 Å². The second-order valence-corrected chi connectivity index (χ2v) is 6.12. The monoisotopic (exact) mass is 407 g/mol. The van der Waals surface area contributed by atoms with Gasteiger partial charge in [-0.2, -0.15) is 5.10 Å². The van der Waals surface area contributed by atoms with Crippen LogP contribution in [-0.2, 0) is 7.05 Å². The summed E-state index contributed by atoms with van der Waals surface area (Å²) in [5.74, 6) is -0.233. The molecule has 0 aliphatic heterocycles. The Kier molecular flexibility index (Phi) is 5.40. The quantitative estimate of drug-likeness (QED) is 0.762. The zero-order chi connectivity index (χ0) is 14.7. The summed E-state index contributed by atoms with van der Waals surface area (Å²) in [5.41, 5.74) is 1.90. The first-order valence-corrected chi connectivity index (χ1v) is 7.86. The van der Waals surface area contributed by atoms with Gasteiger partial charge >= 0.3 is 0 Å². The van der Waals surface area contributed by atoms with E-state index in [4.69, 9.17) is 11.6 Å². The van der Waals surface area contributed by atoms with Crippen molar-refractivity contribution in [3.8, 4) is 0 Å². The molecular formula is C14H16ClFIN3. The second kappa shape index (κ2) is 6.87. The van der Waals surface area contributed by atoms with Crippen LogP contribution in [0.15, 0.2) is 24.4 Å². The van der Waals surface area contributed by atoms with E-state index in [0.29, 0.717) is 5.02 Å². The van der Waals surface area contributed by atoms with Crippen LogP contribution >= 0.6 is 34.2 Å². The van der Waals surface area contributed by atoms with Crippen molar-refractivity contribution in [1.82, 2.24) is 15.1 Å². The largest absolute Gasteiger partial charge is 0.305 e. The summed E-state index contributed by atoms with van der Waals surface area (Å²) >= 11 is 8.40. The van der Waals surface area contributed by atoms with Gasteiger partial charge < -0.3 is 5.32 Å². The fourth-order valence-corrected chi connectivity index (χ4v) is 3.19. The number of aryl methyl sites for hydroxylation is 1. The van der Waals surface area contributed by atoms with Crippen molar-refractivity contribution >= 4 is 34.2 Å². The van der Waals surface area contributed by atoms with Gasteiger partial charge in [0.1, 0.15) is 5.82 Å². The molecule has 0 spiro atoms. The van der Waals surface area contributed by atoms with E-state index in [-0.39, 0.29) is 11.9 Å². The van der Waals surface area contributed by atoms with Crippen molar-refractivity contribution in [2.24, 2.45) is 7.05 Å². The number of rotatable bonds is 5. The highest BCUT2D eigenvalue weighted by Gasteiger charge is 2.22. The maximum Gasteiger partial charge on any atom is 0.124 e. The molecule has 6 heteroatoms. The van der Waals surface area contributed by atoms with E-state index in [1.165, 1.54) is 12.1 Å². The smallest absolute Gasteiger partial charge is 0.124 e.